The zero-order valence-corrected chi connectivity index (χ0v) is 12.8. The number of hydrogen-bond acceptors (Lipinski definition) is 5. The third-order valence-corrected chi connectivity index (χ3v) is 4.09. The quantitative estimate of drug-likeness (QED) is 0.796. The number of carbonyl (C=O) groups excluding carboxylic acids is 1. The molecule has 0 saturated carbocycles. The Morgan fingerprint density at radius 2 is 2.26 bits per heavy atom. The van der Waals surface area contributed by atoms with Crippen LogP contribution < -0.4 is 10.2 Å². The molecule has 1 amide bonds. The van der Waals surface area contributed by atoms with Crippen molar-refractivity contribution in [3.8, 4) is 0 Å². The first-order valence-corrected chi connectivity index (χ1v) is 7.58. The summed E-state index contributed by atoms with van der Waals surface area (Å²) in [5.74, 6) is 0.548. The van der Waals surface area contributed by atoms with Crippen LogP contribution in [0.4, 0.5) is 11.5 Å². The molecule has 0 radical (unpaired) electrons. The predicted molar refractivity (Wildman–Crippen MR) is 86.6 cm³/mol. The molecule has 116 valence electrons. The monoisotopic (exact) mass is 328 g/mol. The number of nitrogens with one attached hydrogen (secondary N) is 1. The van der Waals surface area contributed by atoms with Gasteiger partial charge in [0.25, 0.3) is 0 Å². The number of nitrogens with zero attached hydrogens (tertiary/aromatic N) is 5. The number of aromatic nitrogens is 4. The van der Waals surface area contributed by atoms with E-state index in [4.69, 9.17) is 11.6 Å². The highest BCUT2D eigenvalue weighted by Gasteiger charge is 2.33. The molecule has 1 atom stereocenters. The van der Waals surface area contributed by atoms with E-state index in [1.165, 1.54) is 0 Å². The van der Waals surface area contributed by atoms with E-state index in [9.17, 15) is 4.79 Å². The minimum Gasteiger partial charge on any atom is -0.355 e. The minimum atomic E-state index is -0.343. The molecule has 1 aliphatic rings. The van der Waals surface area contributed by atoms with Gasteiger partial charge in [0.1, 0.15) is 12.4 Å². The van der Waals surface area contributed by atoms with Crippen LogP contribution in [0, 0.1) is 0 Å². The van der Waals surface area contributed by atoms with Gasteiger partial charge in [-0.25, -0.2) is 4.98 Å². The van der Waals surface area contributed by atoms with E-state index in [1.807, 2.05) is 12.1 Å². The summed E-state index contributed by atoms with van der Waals surface area (Å²) in [5.41, 5.74) is 1.40. The second kappa shape index (κ2) is 5.51. The van der Waals surface area contributed by atoms with Crippen LogP contribution in [0.3, 0.4) is 0 Å². The Kier molecular flexibility index (Phi) is 3.34. The number of benzene rings is 1. The molecule has 3 heterocycles. The maximum absolute atomic E-state index is 12.6. The molecule has 8 heteroatoms. The molecule has 2 aromatic heterocycles. The van der Waals surface area contributed by atoms with Gasteiger partial charge in [-0.2, -0.15) is 0 Å². The van der Waals surface area contributed by atoms with Gasteiger partial charge in [-0.15, -0.1) is 10.2 Å². The van der Waals surface area contributed by atoms with E-state index < -0.39 is 0 Å². The van der Waals surface area contributed by atoms with Crippen LogP contribution in [0.1, 0.15) is 6.42 Å². The highest BCUT2D eigenvalue weighted by Crippen LogP contribution is 2.26. The number of rotatable bonds is 3. The van der Waals surface area contributed by atoms with E-state index >= 15 is 0 Å². The first-order valence-electron chi connectivity index (χ1n) is 7.20. The predicted octanol–water partition coefficient (Wildman–Crippen LogP) is 2.00. The topological polar surface area (TPSA) is 75.4 Å². The van der Waals surface area contributed by atoms with Gasteiger partial charge in [0.2, 0.25) is 11.6 Å². The lowest BCUT2D eigenvalue weighted by atomic mass is 10.2. The summed E-state index contributed by atoms with van der Waals surface area (Å²) in [6.45, 7) is 0.632. The zero-order chi connectivity index (χ0) is 15.8. The molecule has 0 bridgehead atoms. The number of hydrogen-bond donors (Lipinski definition) is 1. The molecule has 7 nitrogen and oxygen atoms in total. The first-order chi connectivity index (χ1) is 11.2. The summed E-state index contributed by atoms with van der Waals surface area (Å²) in [6, 6.07) is 6.95. The highest BCUT2D eigenvalue weighted by molar-refractivity contribution is 6.31. The summed E-state index contributed by atoms with van der Waals surface area (Å²) in [6.07, 6.45) is 5.68. The third-order valence-electron chi connectivity index (χ3n) is 3.85. The van der Waals surface area contributed by atoms with Crippen LogP contribution in [-0.2, 0) is 4.79 Å². The standard InChI is InChI=1S/C15H13ClN6O/c16-10-2-1-3-11(8-10)22-6-4-12(15(22)23)19-13-14-20-18-9-21(14)7-5-17-13/h1-3,5,7-9,12H,4,6H2,(H,17,19)/t12-/m1/s1. The molecular formula is C15H13ClN6O. The molecule has 1 fully saturated rings. The summed E-state index contributed by atoms with van der Waals surface area (Å²) in [7, 11) is 0. The lowest BCUT2D eigenvalue weighted by Crippen LogP contribution is -2.33. The Morgan fingerprint density at radius 3 is 3.13 bits per heavy atom. The zero-order valence-electron chi connectivity index (χ0n) is 12.1. The van der Waals surface area contributed by atoms with Crippen molar-refractivity contribution in [2.24, 2.45) is 0 Å². The van der Waals surface area contributed by atoms with Crippen LogP contribution in [0.5, 0.6) is 0 Å². The number of halogens is 1. The van der Waals surface area contributed by atoms with Crippen molar-refractivity contribution in [2.45, 2.75) is 12.5 Å². The molecule has 1 aliphatic heterocycles. The number of anilines is 2. The highest BCUT2D eigenvalue weighted by atomic mass is 35.5. The van der Waals surface area contributed by atoms with Gasteiger partial charge in [0.15, 0.2) is 5.82 Å². The van der Waals surface area contributed by atoms with Crippen molar-refractivity contribution >= 4 is 34.7 Å². The fraction of sp³-hybridized carbons (Fsp3) is 0.200. The Bertz CT molecular complexity index is 879. The fourth-order valence-corrected chi connectivity index (χ4v) is 2.92. The van der Waals surface area contributed by atoms with E-state index in [1.54, 1.807) is 40.2 Å². The third kappa shape index (κ3) is 2.49. The Hall–Kier alpha value is -2.67. The normalized spacial score (nSPS) is 17.9. The van der Waals surface area contributed by atoms with Gasteiger partial charge in [0.05, 0.1) is 0 Å². The minimum absolute atomic E-state index is 0.00409. The van der Waals surface area contributed by atoms with Gasteiger partial charge < -0.3 is 10.2 Å². The van der Waals surface area contributed by atoms with Crippen LogP contribution in [0.15, 0.2) is 43.0 Å². The molecule has 0 spiro atoms. The number of carbonyl (C=O) groups is 1. The molecule has 1 aromatic carbocycles. The lowest BCUT2D eigenvalue weighted by Gasteiger charge is -2.17. The summed E-state index contributed by atoms with van der Waals surface area (Å²) in [4.78, 5) is 18.6. The van der Waals surface area contributed by atoms with Gasteiger partial charge >= 0.3 is 0 Å². The maximum Gasteiger partial charge on any atom is 0.249 e. The van der Waals surface area contributed by atoms with E-state index in [-0.39, 0.29) is 11.9 Å². The molecule has 0 unspecified atom stereocenters. The van der Waals surface area contributed by atoms with Gasteiger partial charge in [-0.3, -0.25) is 9.20 Å². The van der Waals surface area contributed by atoms with Crippen LogP contribution in [-0.4, -0.2) is 38.1 Å². The van der Waals surface area contributed by atoms with Crippen LogP contribution in [0.25, 0.3) is 5.65 Å². The van der Waals surface area contributed by atoms with Crippen molar-refractivity contribution < 1.29 is 4.79 Å². The summed E-state index contributed by atoms with van der Waals surface area (Å²) in [5, 5.41) is 11.7. The van der Waals surface area contributed by atoms with Crippen molar-refractivity contribution in [2.75, 3.05) is 16.8 Å². The van der Waals surface area contributed by atoms with Crippen LogP contribution in [0.2, 0.25) is 5.02 Å². The lowest BCUT2D eigenvalue weighted by molar-refractivity contribution is -0.117. The smallest absolute Gasteiger partial charge is 0.249 e. The molecule has 4 rings (SSSR count). The summed E-state index contributed by atoms with van der Waals surface area (Å²) < 4.78 is 1.75. The van der Waals surface area contributed by atoms with Crippen LogP contribution >= 0.6 is 11.6 Å². The fourth-order valence-electron chi connectivity index (χ4n) is 2.74. The van der Waals surface area contributed by atoms with E-state index in [0.29, 0.717) is 29.5 Å². The van der Waals surface area contributed by atoms with Gasteiger partial charge in [-0.1, -0.05) is 17.7 Å². The molecule has 0 aliphatic carbocycles. The van der Waals surface area contributed by atoms with Crippen molar-refractivity contribution in [3.05, 3.63) is 48.0 Å². The summed E-state index contributed by atoms with van der Waals surface area (Å²) >= 11 is 6.01. The largest absolute Gasteiger partial charge is 0.355 e. The molecule has 1 N–H and O–H groups in total. The first kappa shape index (κ1) is 14.0. The second-order valence-electron chi connectivity index (χ2n) is 5.29. The molecular weight excluding hydrogens is 316 g/mol. The second-order valence-corrected chi connectivity index (χ2v) is 5.73. The van der Waals surface area contributed by atoms with E-state index in [2.05, 4.69) is 20.5 Å². The van der Waals surface area contributed by atoms with Crippen molar-refractivity contribution in [1.82, 2.24) is 19.6 Å². The number of amides is 1. The molecule has 3 aromatic rings. The molecule has 23 heavy (non-hydrogen) atoms. The molecule has 1 saturated heterocycles. The average molecular weight is 329 g/mol. The van der Waals surface area contributed by atoms with Gasteiger partial charge in [-0.05, 0) is 24.6 Å². The van der Waals surface area contributed by atoms with E-state index in [0.717, 1.165) is 5.69 Å². The maximum atomic E-state index is 12.6. The Morgan fingerprint density at radius 1 is 1.35 bits per heavy atom. The van der Waals surface area contributed by atoms with Crippen molar-refractivity contribution in [3.63, 3.8) is 0 Å². The number of fused-ring (bicyclic) bond motifs is 1. The van der Waals surface area contributed by atoms with Crippen molar-refractivity contribution in [1.29, 1.82) is 0 Å². The Labute approximate surface area is 136 Å². The average Bonchev–Trinajstić information content (AvgIpc) is 3.16. The SMILES string of the molecule is O=C1[C@H](Nc2nccn3cnnc23)CCN1c1cccc(Cl)c1. The van der Waals surface area contributed by atoms with Gasteiger partial charge in [0, 0.05) is 29.6 Å². The Balaban J connectivity index is 1.57.